The van der Waals surface area contributed by atoms with Crippen LogP contribution in [0.5, 0.6) is 0 Å². The van der Waals surface area contributed by atoms with Gasteiger partial charge in [0.1, 0.15) is 0 Å². The maximum atomic E-state index is 4.27. The Labute approximate surface area is 147 Å². The minimum absolute atomic E-state index is 0.676. The van der Waals surface area contributed by atoms with E-state index in [0.29, 0.717) is 13.1 Å². The van der Waals surface area contributed by atoms with E-state index in [9.17, 15) is 0 Å². The zero-order chi connectivity index (χ0) is 17.5. The zero-order valence-corrected chi connectivity index (χ0v) is 14.6. The summed E-state index contributed by atoms with van der Waals surface area (Å²) < 4.78 is 3.76. The van der Waals surface area contributed by atoms with E-state index in [0.717, 1.165) is 18.2 Å². The summed E-state index contributed by atoms with van der Waals surface area (Å²) >= 11 is 0. The molecule has 0 aliphatic heterocycles. The summed E-state index contributed by atoms with van der Waals surface area (Å²) in [6, 6.07) is 12.4. The summed E-state index contributed by atoms with van der Waals surface area (Å²) in [6.45, 7) is 2.15. The van der Waals surface area contributed by atoms with Gasteiger partial charge in [-0.15, -0.1) is 0 Å². The number of nitrogens with one attached hydrogen (secondary N) is 2. The molecule has 1 aromatic carbocycles. The van der Waals surface area contributed by atoms with Crippen molar-refractivity contribution in [1.29, 1.82) is 0 Å². The third kappa shape index (κ3) is 4.69. The first-order chi connectivity index (χ1) is 12.2. The topological polar surface area (TPSA) is 72.1 Å². The maximum Gasteiger partial charge on any atom is 0.191 e. The number of hydrogen-bond acceptors (Lipinski definition) is 3. The van der Waals surface area contributed by atoms with Crippen LogP contribution in [0.2, 0.25) is 0 Å². The quantitative estimate of drug-likeness (QED) is 0.529. The Morgan fingerprint density at radius 2 is 1.88 bits per heavy atom. The van der Waals surface area contributed by atoms with Crippen molar-refractivity contribution in [3.8, 4) is 0 Å². The molecule has 0 saturated heterocycles. The lowest BCUT2D eigenvalue weighted by atomic mass is 10.1. The van der Waals surface area contributed by atoms with Crippen molar-refractivity contribution in [1.82, 2.24) is 30.2 Å². The molecular formula is C18H23N7. The second-order valence-corrected chi connectivity index (χ2v) is 5.75. The van der Waals surface area contributed by atoms with Gasteiger partial charge in [0.05, 0.1) is 18.8 Å². The van der Waals surface area contributed by atoms with Crippen LogP contribution in [-0.4, -0.2) is 32.6 Å². The molecule has 0 bridgehead atoms. The van der Waals surface area contributed by atoms with Crippen LogP contribution in [0.4, 0.5) is 0 Å². The fraction of sp³-hybridized carbons (Fsp3) is 0.278. The van der Waals surface area contributed by atoms with Crippen LogP contribution in [-0.2, 0) is 26.7 Å². The molecule has 0 aliphatic carbocycles. The van der Waals surface area contributed by atoms with Gasteiger partial charge >= 0.3 is 0 Å². The van der Waals surface area contributed by atoms with Crippen molar-refractivity contribution in [2.45, 2.75) is 19.6 Å². The molecule has 2 heterocycles. The number of rotatable bonds is 6. The highest BCUT2D eigenvalue weighted by Crippen LogP contribution is 2.07. The fourth-order valence-electron chi connectivity index (χ4n) is 2.57. The Morgan fingerprint density at radius 3 is 2.60 bits per heavy atom. The highest BCUT2D eigenvalue weighted by Gasteiger charge is 2.03. The minimum Gasteiger partial charge on any atom is -0.352 e. The molecule has 2 N–H and O–H groups in total. The summed E-state index contributed by atoms with van der Waals surface area (Å²) in [7, 11) is 3.70. The Bertz CT molecular complexity index is 818. The van der Waals surface area contributed by atoms with Crippen molar-refractivity contribution in [2.24, 2.45) is 12.0 Å². The summed E-state index contributed by atoms with van der Waals surface area (Å²) in [5.41, 5.74) is 3.53. The third-order valence-electron chi connectivity index (χ3n) is 3.94. The summed E-state index contributed by atoms with van der Waals surface area (Å²) in [4.78, 5) is 4.27. The van der Waals surface area contributed by atoms with Gasteiger partial charge in [-0.3, -0.25) is 14.4 Å². The Balaban J connectivity index is 1.54. The molecule has 0 amide bonds. The van der Waals surface area contributed by atoms with Crippen molar-refractivity contribution < 1.29 is 0 Å². The Kier molecular flexibility index (Phi) is 5.46. The summed E-state index contributed by atoms with van der Waals surface area (Å²) in [5, 5.41) is 15.1. The molecule has 3 aromatic rings. The van der Waals surface area contributed by atoms with E-state index in [4.69, 9.17) is 0 Å². The van der Waals surface area contributed by atoms with Crippen LogP contribution in [0.25, 0.3) is 0 Å². The third-order valence-corrected chi connectivity index (χ3v) is 3.94. The molecule has 3 rings (SSSR count). The van der Waals surface area contributed by atoms with Gasteiger partial charge in [0.25, 0.3) is 0 Å². The SMILES string of the molecule is CN=C(NCc1cccc(Cn2cccn2)c1)NCc1ccnn1C. The van der Waals surface area contributed by atoms with E-state index in [2.05, 4.69) is 50.1 Å². The first-order valence-corrected chi connectivity index (χ1v) is 8.21. The van der Waals surface area contributed by atoms with Crippen molar-refractivity contribution in [3.63, 3.8) is 0 Å². The van der Waals surface area contributed by atoms with Crippen LogP contribution in [0.15, 0.2) is 60.0 Å². The number of benzene rings is 1. The minimum atomic E-state index is 0.676. The molecular weight excluding hydrogens is 314 g/mol. The van der Waals surface area contributed by atoms with Crippen LogP contribution in [0.1, 0.15) is 16.8 Å². The average Bonchev–Trinajstić information content (AvgIpc) is 3.27. The van der Waals surface area contributed by atoms with E-state index in [1.807, 2.05) is 34.7 Å². The molecule has 0 atom stereocenters. The van der Waals surface area contributed by atoms with Gasteiger partial charge in [0.2, 0.25) is 0 Å². The molecule has 0 fully saturated rings. The summed E-state index contributed by atoms with van der Waals surface area (Å²) in [6.07, 6.45) is 5.55. The van der Waals surface area contributed by atoms with Gasteiger partial charge in [-0.05, 0) is 23.3 Å². The predicted octanol–water partition coefficient (Wildman–Crippen LogP) is 1.53. The molecule has 0 saturated carbocycles. The lowest BCUT2D eigenvalue weighted by Crippen LogP contribution is -2.36. The van der Waals surface area contributed by atoms with Crippen LogP contribution >= 0.6 is 0 Å². The van der Waals surface area contributed by atoms with Crippen LogP contribution in [0, 0.1) is 0 Å². The van der Waals surface area contributed by atoms with Gasteiger partial charge < -0.3 is 10.6 Å². The largest absolute Gasteiger partial charge is 0.352 e. The number of hydrogen-bond donors (Lipinski definition) is 2. The molecule has 0 unspecified atom stereocenters. The fourth-order valence-corrected chi connectivity index (χ4v) is 2.57. The molecule has 0 radical (unpaired) electrons. The van der Waals surface area contributed by atoms with Gasteiger partial charge in [-0.2, -0.15) is 10.2 Å². The first kappa shape index (κ1) is 16.8. The predicted molar refractivity (Wildman–Crippen MR) is 98.0 cm³/mol. The number of nitrogens with zero attached hydrogens (tertiary/aromatic N) is 5. The van der Waals surface area contributed by atoms with Gasteiger partial charge in [-0.1, -0.05) is 24.3 Å². The second-order valence-electron chi connectivity index (χ2n) is 5.75. The standard InChI is InChI=1S/C18H23N7/c1-19-18(21-13-17-7-9-22-24(17)2)20-12-15-5-3-6-16(11-15)14-25-10-4-8-23-25/h3-11H,12-14H2,1-2H3,(H2,19,20,21). The van der Waals surface area contributed by atoms with E-state index in [1.54, 1.807) is 19.4 Å². The highest BCUT2D eigenvalue weighted by atomic mass is 15.3. The second kappa shape index (κ2) is 8.14. The van der Waals surface area contributed by atoms with Gasteiger partial charge in [-0.25, -0.2) is 0 Å². The first-order valence-electron chi connectivity index (χ1n) is 8.21. The molecule has 7 nitrogen and oxygen atoms in total. The van der Waals surface area contributed by atoms with Crippen LogP contribution in [0.3, 0.4) is 0 Å². The van der Waals surface area contributed by atoms with E-state index < -0.39 is 0 Å². The van der Waals surface area contributed by atoms with E-state index in [1.165, 1.54) is 11.1 Å². The number of aromatic nitrogens is 4. The average molecular weight is 337 g/mol. The molecule has 25 heavy (non-hydrogen) atoms. The van der Waals surface area contributed by atoms with E-state index in [-0.39, 0.29) is 0 Å². The molecule has 2 aromatic heterocycles. The normalized spacial score (nSPS) is 11.5. The van der Waals surface area contributed by atoms with Gasteiger partial charge in [0, 0.05) is 39.2 Å². The molecule has 0 spiro atoms. The molecule has 130 valence electrons. The zero-order valence-electron chi connectivity index (χ0n) is 14.6. The Morgan fingerprint density at radius 1 is 1.04 bits per heavy atom. The lowest BCUT2D eigenvalue weighted by Gasteiger charge is -2.12. The lowest BCUT2D eigenvalue weighted by molar-refractivity contribution is 0.682. The highest BCUT2D eigenvalue weighted by molar-refractivity contribution is 5.79. The maximum absolute atomic E-state index is 4.27. The molecule has 0 aliphatic rings. The van der Waals surface area contributed by atoms with Crippen molar-refractivity contribution >= 4 is 5.96 Å². The monoisotopic (exact) mass is 337 g/mol. The number of aryl methyl sites for hydroxylation is 1. The molecule has 7 heteroatoms. The number of guanidine groups is 1. The number of aliphatic imine (C=N–C) groups is 1. The van der Waals surface area contributed by atoms with Crippen molar-refractivity contribution in [2.75, 3.05) is 7.05 Å². The van der Waals surface area contributed by atoms with Crippen LogP contribution < -0.4 is 10.6 Å². The van der Waals surface area contributed by atoms with Gasteiger partial charge in [0.15, 0.2) is 5.96 Å². The van der Waals surface area contributed by atoms with E-state index >= 15 is 0 Å². The summed E-state index contributed by atoms with van der Waals surface area (Å²) in [5.74, 6) is 0.763. The van der Waals surface area contributed by atoms with Crippen molar-refractivity contribution in [3.05, 3.63) is 71.8 Å². The smallest absolute Gasteiger partial charge is 0.191 e. The Hall–Kier alpha value is -3.09.